The molecule has 0 N–H and O–H groups in total. The highest BCUT2D eigenvalue weighted by Gasteiger charge is 2.20. The molecule has 0 aliphatic heterocycles. The molecular formula is C21H27N3O4S2. The third-order valence-electron chi connectivity index (χ3n) is 4.26. The number of carbonyl (C=O) groups excluding carboxylic acids is 2. The summed E-state index contributed by atoms with van der Waals surface area (Å²) in [6.07, 6.45) is 0. The second-order valence-electron chi connectivity index (χ2n) is 6.64. The van der Waals surface area contributed by atoms with Crippen LogP contribution in [-0.4, -0.2) is 36.5 Å². The van der Waals surface area contributed by atoms with Crippen molar-refractivity contribution in [1.82, 2.24) is 0 Å². The first-order valence-corrected chi connectivity index (χ1v) is 11.3. The van der Waals surface area contributed by atoms with Crippen LogP contribution in [0.25, 0.3) is 9.75 Å². The van der Waals surface area contributed by atoms with E-state index >= 15 is 0 Å². The molecule has 0 atom stereocenters. The van der Waals surface area contributed by atoms with Crippen LogP contribution in [0.5, 0.6) is 0 Å². The fourth-order valence-corrected chi connectivity index (χ4v) is 5.17. The fourth-order valence-electron chi connectivity index (χ4n) is 2.87. The molecule has 0 fully saturated rings. The van der Waals surface area contributed by atoms with E-state index in [1.165, 1.54) is 13.8 Å². The zero-order chi connectivity index (χ0) is 22.4. The van der Waals surface area contributed by atoms with Gasteiger partial charge in [0.2, 0.25) is 0 Å². The van der Waals surface area contributed by atoms with E-state index in [9.17, 15) is 9.59 Å². The molecule has 0 radical (unpaired) electrons. The van der Waals surface area contributed by atoms with Crippen molar-refractivity contribution >= 4 is 51.7 Å². The van der Waals surface area contributed by atoms with Crippen LogP contribution in [-0.2, 0) is 19.3 Å². The maximum Gasteiger partial charge on any atom is 0.331 e. The lowest BCUT2D eigenvalue weighted by atomic mass is 10.2. The predicted octanol–water partition coefficient (Wildman–Crippen LogP) is 5.21. The lowest BCUT2D eigenvalue weighted by Gasteiger charge is -2.21. The summed E-state index contributed by atoms with van der Waals surface area (Å²) >= 11 is 3.20. The van der Waals surface area contributed by atoms with Crippen molar-refractivity contribution < 1.29 is 19.3 Å². The topological polar surface area (TPSA) is 80.6 Å². The fraction of sp³-hybridized carbons (Fsp3) is 0.429. The Hall–Kier alpha value is -2.52. The highest BCUT2D eigenvalue weighted by molar-refractivity contribution is 7.24. The van der Waals surface area contributed by atoms with Crippen molar-refractivity contribution in [2.75, 3.05) is 18.0 Å². The predicted molar refractivity (Wildman–Crippen MR) is 124 cm³/mol. The van der Waals surface area contributed by atoms with E-state index < -0.39 is 11.9 Å². The molecule has 2 heterocycles. The SMILES string of the molecule is CCN(CC)c1cc(-c2cc(C)c(/C(C)=N/OC(C)=O)s2)sc1/C(C)=N/OC(C)=O. The van der Waals surface area contributed by atoms with E-state index in [1.54, 1.807) is 22.7 Å². The molecule has 2 rings (SSSR count). The lowest BCUT2D eigenvalue weighted by molar-refractivity contribution is -0.141. The molecule has 0 saturated heterocycles. The smallest absolute Gasteiger partial charge is 0.331 e. The van der Waals surface area contributed by atoms with E-state index in [2.05, 4.69) is 41.2 Å². The summed E-state index contributed by atoms with van der Waals surface area (Å²) in [6, 6.07) is 4.25. The van der Waals surface area contributed by atoms with Crippen molar-refractivity contribution in [3.05, 3.63) is 27.5 Å². The van der Waals surface area contributed by atoms with Crippen LogP contribution in [0.2, 0.25) is 0 Å². The number of hydrogen-bond acceptors (Lipinski definition) is 9. The zero-order valence-corrected chi connectivity index (χ0v) is 20.0. The summed E-state index contributed by atoms with van der Waals surface area (Å²) in [4.78, 5) is 38.2. The molecule has 2 aromatic rings. The van der Waals surface area contributed by atoms with Crippen molar-refractivity contribution in [2.45, 2.75) is 48.5 Å². The molecule has 0 saturated carbocycles. The van der Waals surface area contributed by atoms with Gasteiger partial charge in [-0.05, 0) is 52.3 Å². The average molecular weight is 450 g/mol. The molecule has 30 heavy (non-hydrogen) atoms. The zero-order valence-electron chi connectivity index (χ0n) is 18.4. The van der Waals surface area contributed by atoms with Gasteiger partial charge in [0, 0.05) is 36.7 Å². The Morgan fingerprint density at radius 3 is 1.83 bits per heavy atom. The number of anilines is 1. The Morgan fingerprint density at radius 2 is 1.33 bits per heavy atom. The van der Waals surface area contributed by atoms with Gasteiger partial charge in [0.25, 0.3) is 0 Å². The van der Waals surface area contributed by atoms with Gasteiger partial charge in [-0.1, -0.05) is 10.3 Å². The van der Waals surface area contributed by atoms with Gasteiger partial charge < -0.3 is 14.6 Å². The van der Waals surface area contributed by atoms with E-state index in [-0.39, 0.29) is 0 Å². The van der Waals surface area contributed by atoms with E-state index in [0.29, 0.717) is 11.4 Å². The van der Waals surface area contributed by atoms with Gasteiger partial charge in [-0.3, -0.25) is 0 Å². The van der Waals surface area contributed by atoms with Crippen LogP contribution >= 0.6 is 22.7 Å². The standard InChI is InChI=1S/C21H27N3O4S2/c1-8-24(9-2)17-11-19(30-21(17)14(5)23-28-16(7)26)18-10-12(3)20(29-18)13(4)22-27-15(6)25/h10-11H,8-9H2,1-7H3/b22-13+,23-14+. The van der Waals surface area contributed by atoms with Crippen LogP contribution in [0.4, 0.5) is 5.69 Å². The van der Waals surface area contributed by atoms with Gasteiger partial charge in [0.05, 0.1) is 26.9 Å². The number of carbonyl (C=O) groups is 2. The van der Waals surface area contributed by atoms with Gasteiger partial charge in [0.1, 0.15) is 0 Å². The summed E-state index contributed by atoms with van der Waals surface area (Å²) in [5.74, 6) is -0.894. The molecule has 0 aromatic carbocycles. The van der Waals surface area contributed by atoms with Gasteiger partial charge in [0.15, 0.2) is 0 Å². The van der Waals surface area contributed by atoms with Crippen molar-refractivity contribution in [3.63, 3.8) is 0 Å². The number of hydrogen-bond donors (Lipinski definition) is 0. The Balaban J connectivity index is 2.50. The summed E-state index contributed by atoms with van der Waals surface area (Å²) < 4.78 is 0. The first kappa shape index (κ1) is 23.8. The van der Waals surface area contributed by atoms with Crippen LogP contribution < -0.4 is 4.90 Å². The molecule has 0 amide bonds. The minimum absolute atomic E-state index is 0.446. The molecule has 0 spiro atoms. The second-order valence-corrected chi connectivity index (χ2v) is 8.74. The highest BCUT2D eigenvalue weighted by atomic mass is 32.1. The summed E-state index contributed by atoms with van der Waals surface area (Å²) in [5, 5.41) is 7.90. The van der Waals surface area contributed by atoms with Crippen molar-refractivity contribution in [2.24, 2.45) is 10.3 Å². The van der Waals surface area contributed by atoms with Crippen molar-refractivity contribution in [3.8, 4) is 9.75 Å². The van der Waals surface area contributed by atoms with E-state index in [4.69, 9.17) is 9.68 Å². The Labute approximate surface area is 185 Å². The molecule has 9 heteroatoms. The molecule has 7 nitrogen and oxygen atoms in total. The van der Waals surface area contributed by atoms with Gasteiger partial charge >= 0.3 is 11.9 Å². The Morgan fingerprint density at radius 1 is 0.867 bits per heavy atom. The number of thiophene rings is 2. The highest BCUT2D eigenvalue weighted by Crippen LogP contribution is 2.41. The second kappa shape index (κ2) is 10.5. The quantitative estimate of drug-likeness (QED) is 0.314. The van der Waals surface area contributed by atoms with Gasteiger partial charge in [-0.2, -0.15) is 0 Å². The van der Waals surface area contributed by atoms with Gasteiger partial charge in [-0.15, -0.1) is 22.7 Å². The summed E-state index contributed by atoms with van der Waals surface area (Å²) in [5.41, 5.74) is 3.44. The minimum Gasteiger partial charge on any atom is -0.371 e. The molecule has 0 aliphatic rings. The normalized spacial score (nSPS) is 12.1. The first-order valence-electron chi connectivity index (χ1n) is 9.62. The summed E-state index contributed by atoms with van der Waals surface area (Å²) in [7, 11) is 0. The van der Waals surface area contributed by atoms with E-state index in [0.717, 1.165) is 43.8 Å². The lowest BCUT2D eigenvalue weighted by Crippen LogP contribution is -2.22. The molecular weight excluding hydrogens is 422 g/mol. The number of nitrogens with zero attached hydrogens (tertiary/aromatic N) is 3. The average Bonchev–Trinajstić information content (AvgIpc) is 3.29. The third-order valence-corrected chi connectivity index (χ3v) is 7.03. The number of rotatable bonds is 8. The largest absolute Gasteiger partial charge is 0.371 e. The molecule has 0 bridgehead atoms. The van der Waals surface area contributed by atoms with Crippen LogP contribution in [0.3, 0.4) is 0 Å². The molecule has 0 unspecified atom stereocenters. The van der Waals surface area contributed by atoms with Crippen LogP contribution in [0.1, 0.15) is 56.9 Å². The number of oxime groups is 2. The van der Waals surface area contributed by atoms with Crippen molar-refractivity contribution in [1.29, 1.82) is 0 Å². The van der Waals surface area contributed by atoms with Crippen LogP contribution in [0.15, 0.2) is 22.4 Å². The van der Waals surface area contributed by atoms with E-state index in [1.807, 2.05) is 20.8 Å². The maximum absolute atomic E-state index is 11.2. The molecule has 2 aromatic heterocycles. The molecule has 162 valence electrons. The maximum atomic E-state index is 11.2. The summed E-state index contributed by atoms with van der Waals surface area (Å²) in [6.45, 7) is 14.2. The van der Waals surface area contributed by atoms with Crippen LogP contribution in [0, 0.1) is 6.92 Å². The first-order chi connectivity index (χ1) is 14.2. The minimum atomic E-state index is -0.448. The third kappa shape index (κ3) is 5.76. The molecule has 0 aliphatic carbocycles. The number of aryl methyl sites for hydroxylation is 1. The Bertz CT molecular complexity index is 985. The Kier molecular flexibility index (Phi) is 8.31. The van der Waals surface area contributed by atoms with Gasteiger partial charge in [-0.25, -0.2) is 9.59 Å². The monoisotopic (exact) mass is 449 g/mol.